The van der Waals surface area contributed by atoms with Crippen LogP contribution < -0.4 is 0 Å². The van der Waals surface area contributed by atoms with Crippen molar-refractivity contribution in [3.8, 4) is 0 Å². The number of carbonyl (C=O) groups excluding carboxylic acids is 1. The van der Waals surface area contributed by atoms with Gasteiger partial charge in [0.1, 0.15) is 11.6 Å². The van der Waals surface area contributed by atoms with Crippen LogP contribution in [0, 0.1) is 11.6 Å². The molecule has 1 amide bonds. The van der Waals surface area contributed by atoms with Gasteiger partial charge in [-0.2, -0.15) is 4.31 Å². The highest BCUT2D eigenvalue weighted by atomic mass is 32.2. The lowest BCUT2D eigenvalue weighted by Crippen LogP contribution is -2.50. The molecule has 5 nitrogen and oxygen atoms in total. The van der Waals surface area contributed by atoms with Gasteiger partial charge in [0.05, 0.1) is 11.3 Å². The molecule has 2 aromatic rings. The summed E-state index contributed by atoms with van der Waals surface area (Å²) in [6.45, 7) is 0.501. The Labute approximate surface area is 150 Å². The van der Waals surface area contributed by atoms with Crippen LogP contribution in [0.5, 0.6) is 0 Å². The fourth-order valence-electron chi connectivity index (χ4n) is 2.88. The standard InChI is InChI=1S/C18H18F2N2O3S/c19-15-6-7-17(20)16(12-15)18(23)21-8-10-22(11-9-21)26(24,25)13-14-4-2-1-3-5-14/h1-7,12H,8-11,13H2. The monoisotopic (exact) mass is 380 g/mol. The first-order chi connectivity index (χ1) is 12.4. The Morgan fingerprint density at radius 3 is 2.27 bits per heavy atom. The minimum Gasteiger partial charge on any atom is -0.336 e. The first-order valence-corrected chi connectivity index (χ1v) is 9.74. The fourth-order valence-corrected chi connectivity index (χ4v) is 4.39. The summed E-state index contributed by atoms with van der Waals surface area (Å²) in [5.41, 5.74) is 0.346. The van der Waals surface area contributed by atoms with Crippen LogP contribution in [0.3, 0.4) is 0 Å². The van der Waals surface area contributed by atoms with E-state index >= 15 is 0 Å². The first kappa shape index (κ1) is 18.5. The van der Waals surface area contributed by atoms with Gasteiger partial charge in [0.15, 0.2) is 0 Å². The molecule has 1 heterocycles. The van der Waals surface area contributed by atoms with Crippen molar-refractivity contribution < 1.29 is 22.0 Å². The summed E-state index contributed by atoms with van der Waals surface area (Å²) in [6, 6.07) is 11.5. The number of amides is 1. The topological polar surface area (TPSA) is 57.7 Å². The molecule has 1 saturated heterocycles. The normalized spacial score (nSPS) is 15.8. The summed E-state index contributed by atoms with van der Waals surface area (Å²) in [6.07, 6.45) is 0. The Hall–Kier alpha value is -2.32. The summed E-state index contributed by atoms with van der Waals surface area (Å²) < 4.78 is 53.4. The zero-order valence-corrected chi connectivity index (χ0v) is 14.8. The van der Waals surface area contributed by atoms with Gasteiger partial charge in [-0.1, -0.05) is 30.3 Å². The molecule has 2 aromatic carbocycles. The van der Waals surface area contributed by atoms with E-state index in [9.17, 15) is 22.0 Å². The predicted molar refractivity (Wildman–Crippen MR) is 92.9 cm³/mol. The van der Waals surface area contributed by atoms with Gasteiger partial charge in [0.2, 0.25) is 10.0 Å². The van der Waals surface area contributed by atoms with Gasteiger partial charge in [0.25, 0.3) is 5.91 Å². The van der Waals surface area contributed by atoms with Crippen LogP contribution in [0.1, 0.15) is 15.9 Å². The lowest BCUT2D eigenvalue weighted by molar-refractivity contribution is 0.0692. The first-order valence-electron chi connectivity index (χ1n) is 8.13. The van der Waals surface area contributed by atoms with Crippen LogP contribution in [-0.2, 0) is 15.8 Å². The molecule has 0 atom stereocenters. The van der Waals surface area contributed by atoms with Gasteiger partial charge in [-0.3, -0.25) is 4.79 Å². The van der Waals surface area contributed by atoms with Gasteiger partial charge in [-0.05, 0) is 23.8 Å². The molecule has 0 unspecified atom stereocenters. The number of halogens is 2. The minimum absolute atomic E-state index is 0.111. The molecular formula is C18H18F2N2O3S. The van der Waals surface area contributed by atoms with Crippen molar-refractivity contribution in [3.05, 3.63) is 71.3 Å². The smallest absolute Gasteiger partial charge is 0.257 e. The number of rotatable bonds is 4. The molecule has 8 heteroatoms. The minimum atomic E-state index is -3.50. The highest BCUT2D eigenvalue weighted by Crippen LogP contribution is 2.17. The number of carbonyl (C=O) groups is 1. The molecule has 1 fully saturated rings. The molecule has 26 heavy (non-hydrogen) atoms. The third-order valence-electron chi connectivity index (χ3n) is 4.27. The van der Waals surface area contributed by atoms with E-state index in [0.29, 0.717) is 5.56 Å². The van der Waals surface area contributed by atoms with Crippen LogP contribution in [-0.4, -0.2) is 49.7 Å². The maximum absolute atomic E-state index is 13.8. The molecule has 0 bridgehead atoms. The Bertz CT molecular complexity index is 896. The number of benzene rings is 2. The number of hydrogen-bond acceptors (Lipinski definition) is 3. The lowest BCUT2D eigenvalue weighted by Gasteiger charge is -2.34. The van der Waals surface area contributed by atoms with Crippen molar-refractivity contribution in [1.82, 2.24) is 9.21 Å². The quantitative estimate of drug-likeness (QED) is 0.818. The summed E-state index contributed by atoms with van der Waals surface area (Å²) >= 11 is 0. The highest BCUT2D eigenvalue weighted by molar-refractivity contribution is 7.88. The molecule has 0 saturated carbocycles. The van der Waals surface area contributed by atoms with E-state index in [-0.39, 0.29) is 37.5 Å². The van der Waals surface area contributed by atoms with E-state index in [2.05, 4.69) is 0 Å². The molecule has 1 aliphatic rings. The Balaban J connectivity index is 1.65. The number of nitrogens with zero attached hydrogens (tertiary/aromatic N) is 2. The van der Waals surface area contributed by atoms with Crippen molar-refractivity contribution in [2.45, 2.75) is 5.75 Å². The Morgan fingerprint density at radius 2 is 1.62 bits per heavy atom. The van der Waals surface area contributed by atoms with Crippen molar-refractivity contribution >= 4 is 15.9 Å². The van der Waals surface area contributed by atoms with Gasteiger partial charge < -0.3 is 4.90 Å². The molecule has 0 spiro atoms. The highest BCUT2D eigenvalue weighted by Gasteiger charge is 2.30. The zero-order chi connectivity index (χ0) is 18.7. The summed E-state index contributed by atoms with van der Waals surface area (Å²) in [4.78, 5) is 13.7. The lowest BCUT2D eigenvalue weighted by atomic mass is 10.1. The third-order valence-corrected chi connectivity index (χ3v) is 6.12. The number of piperazine rings is 1. The second kappa shape index (κ2) is 7.51. The van der Waals surface area contributed by atoms with Gasteiger partial charge in [-0.25, -0.2) is 17.2 Å². The van der Waals surface area contributed by atoms with Crippen molar-refractivity contribution in [3.63, 3.8) is 0 Å². The van der Waals surface area contributed by atoms with E-state index < -0.39 is 27.6 Å². The van der Waals surface area contributed by atoms with Gasteiger partial charge in [-0.15, -0.1) is 0 Å². The maximum Gasteiger partial charge on any atom is 0.257 e. The SMILES string of the molecule is O=C(c1cc(F)ccc1F)N1CCN(S(=O)(=O)Cc2ccccc2)CC1. The molecule has 0 aromatic heterocycles. The van der Waals surface area contributed by atoms with Crippen molar-refractivity contribution in [2.75, 3.05) is 26.2 Å². The van der Waals surface area contributed by atoms with E-state index in [1.54, 1.807) is 24.3 Å². The average molecular weight is 380 g/mol. The second-order valence-electron chi connectivity index (χ2n) is 6.06. The van der Waals surface area contributed by atoms with Gasteiger partial charge >= 0.3 is 0 Å². The van der Waals surface area contributed by atoms with Crippen LogP contribution in [0.4, 0.5) is 8.78 Å². The molecule has 0 aliphatic carbocycles. The van der Waals surface area contributed by atoms with Crippen LogP contribution in [0.25, 0.3) is 0 Å². The largest absolute Gasteiger partial charge is 0.336 e. The van der Waals surface area contributed by atoms with Gasteiger partial charge in [0, 0.05) is 26.2 Å². The average Bonchev–Trinajstić information content (AvgIpc) is 2.64. The van der Waals surface area contributed by atoms with Crippen molar-refractivity contribution in [1.29, 1.82) is 0 Å². The third kappa shape index (κ3) is 4.08. The molecule has 1 aliphatic heterocycles. The Kier molecular flexibility index (Phi) is 5.33. The molecule has 3 rings (SSSR count). The van der Waals surface area contributed by atoms with Crippen molar-refractivity contribution in [2.24, 2.45) is 0 Å². The van der Waals surface area contributed by atoms with Crippen LogP contribution >= 0.6 is 0 Å². The zero-order valence-electron chi connectivity index (χ0n) is 13.9. The number of sulfonamides is 1. The van der Waals surface area contributed by atoms with Crippen LogP contribution in [0.15, 0.2) is 48.5 Å². The fraction of sp³-hybridized carbons (Fsp3) is 0.278. The molecular weight excluding hydrogens is 362 g/mol. The van der Waals surface area contributed by atoms with E-state index in [4.69, 9.17) is 0 Å². The van der Waals surface area contributed by atoms with E-state index in [1.165, 1.54) is 9.21 Å². The molecule has 0 N–H and O–H groups in total. The number of hydrogen-bond donors (Lipinski definition) is 0. The van der Waals surface area contributed by atoms with Crippen LogP contribution in [0.2, 0.25) is 0 Å². The summed E-state index contributed by atoms with van der Waals surface area (Å²) in [5.74, 6) is -2.24. The Morgan fingerprint density at radius 1 is 0.962 bits per heavy atom. The summed E-state index contributed by atoms with van der Waals surface area (Å²) in [7, 11) is -3.50. The predicted octanol–water partition coefficient (Wildman–Crippen LogP) is 2.25. The second-order valence-corrected chi connectivity index (χ2v) is 8.03. The molecule has 0 radical (unpaired) electrons. The molecule has 138 valence electrons. The van der Waals surface area contributed by atoms with E-state index in [1.807, 2.05) is 6.07 Å². The van der Waals surface area contributed by atoms with E-state index in [0.717, 1.165) is 18.2 Å². The maximum atomic E-state index is 13.8. The summed E-state index contributed by atoms with van der Waals surface area (Å²) in [5, 5.41) is 0.